The second-order valence-electron chi connectivity index (χ2n) is 5.94. The van der Waals surface area contributed by atoms with Gasteiger partial charge in [-0.25, -0.2) is 4.39 Å². The fourth-order valence-electron chi connectivity index (χ4n) is 3.58. The highest BCUT2D eigenvalue weighted by Gasteiger charge is 2.31. The first-order valence-corrected chi connectivity index (χ1v) is 7.57. The number of hydrogen-bond acceptors (Lipinski definition) is 4. The maximum absolute atomic E-state index is 13.3. The van der Waals surface area contributed by atoms with E-state index in [4.69, 9.17) is 0 Å². The van der Waals surface area contributed by atoms with Gasteiger partial charge in [-0.15, -0.1) is 0 Å². The number of nitro groups is 1. The molecule has 114 valence electrons. The van der Waals surface area contributed by atoms with Crippen LogP contribution in [0.3, 0.4) is 0 Å². The number of benzene rings is 1. The Morgan fingerprint density at radius 2 is 2.19 bits per heavy atom. The average molecular weight is 293 g/mol. The molecule has 5 nitrogen and oxygen atoms in total. The molecular formula is C15H20FN3O2. The summed E-state index contributed by atoms with van der Waals surface area (Å²) in [6.45, 7) is 2.68. The van der Waals surface area contributed by atoms with Crippen LogP contribution in [0, 0.1) is 21.8 Å². The van der Waals surface area contributed by atoms with Crippen LogP contribution in [-0.2, 0) is 0 Å². The van der Waals surface area contributed by atoms with E-state index >= 15 is 0 Å². The lowest BCUT2D eigenvalue weighted by atomic mass is 9.89. The molecule has 0 bridgehead atoms. The van der Waals surface area contributed by atoms with E-state index in [2.05, 4.69) is 5.32 Å². The second kappa shape index (κ2) is 5.97. The summed E-state index contributed by atoms with van der Waals surface area (Å²) in [6, 6.07) is 4.39. The fraction of sp³-hybridized carbons (Fsp3) is 0.600. The van der Waals surface area contributed by atoms with Crippen molar-refractivity contribution in [2.24, 2.45) is 5.92 Å². The third-order valence-electron chi connectivity index (χ3n) is 4.60. The largest absolute Gasteiger partial charge is 0.366 e. The lowest BCUT2D eigenvalue weighted by Crippen LogP contribution is -2.43. The predicted octanol–water partition coefficient (Wildman–Crippen LogP) is 2.70. The van der Waals surface area contributed by atoms with Crippen LogP contribution in [0.25, 0.3) is 0 Å². The minimum Gasteiger partial charge on any atom is -0.366 e. The zero-order valence-electron chi connectivity index (χ0n) is 11.9. The molecule has 2 fully saturated rings. The standard InChI is InChI=1S/C15H20FN3O2/c16-12-5-6-14(15(9-12)19(20)21)18-8-2-3-11(10-18)13-4-1-7-17-13/h5-6,9,11,13,17H,1-4,7-8,10H2. The summed E-state index contributed by atoms with van der Waals surface area (Å²) >= 11 is 0. The van der Waals surface area contributed by atoms with E-state index in [-0.39, 0.29) is 5.69 Å². The number of nitrogens with zero attached hydrogens (tertiary/aromatic N) is 2. The van der Waals surface area contributed by atoms with Crippen LogP contribution in [0.5, 0.6) is 0 Å². The van der Waals surface area contributed by atoms with Crippen LogP contribution in [0.1, 0.15) is 25.7 Å². The lowest BCUT2D eigenvalue weighted by molar-refractivity contribution is -0.384. The first kappa shape index (κ1) is 14.3. The Kier molecular flexibility index (Phi) is 4.05. The van der Waals surface area contributed by atoms with Crippen molar-refractivity contribution in [2.45, 2.75) is 31.7 Å². The summed E-state index contributed by atoms with van der Waals surface area (Å²) in [7, 11) is 0. The van der Waals surface area contributed by atoms with Gasteiger partial charge in [-0.2, -0.15) is 0 Å². The molecule has 0 amide bonds. The van der Waals surface area contributed by atoms with Crippen LogP contribution >= 0.6 is 0 Å². The molecule has 0 spiro atoms. The Balaban J connectivity index is 1.81. The van der Waals surface area contributed by atoms with E-state index in [9.17, 15) is 14.5 Å². The first-order chi connectivity index (χ1) is 10.1. The van der Waals surface area contributed by atoms with Gasteiger partial charge in [-0.1, -0.05) is 0 Å². The van der Waals surface area contributed by atoms with E-state index in [1.807, 2.05) is 4.90 Å². The van der Waals surface area contributed by atoms with Crippen molar-refractivity contribution in [3.05, 3.63) is 34.1 Å². The molecule has 3 rings (SSSR count). The molecule has 1 aromatic rings. The maximum Gasteiger partial charge on any atom is 0.295 e. The summed E-state index contributed by atoms with van der Waals surface area (Å²) in [5.41, 5.74) is 0.416. The van der Waals surface area contributed by atoms with Gasteiger partial charge >= 0.3 is 0 Å². The Morgan fingerprint density at radius 3 is 2.90 bits per heavy atom. The minimum absolute atomic E-state index is 0.130. The summed E-state index contributed by atoms with van der Waals surface area (Å²) in [5, 5.41) is 14.7. The van der Waals surface area contributed by atoms with Crippen LogP contribution in [0.15, 0.2) is 18.2 Å². The minimum atomic E-state index is -0.559. The molecule has 21 heavy (non-hydrogen) atoms. The van der Waals surface area contributed by atoms with E-state index in [0.717, 1.165) is 38.5 Å². The third-order valence-corrected chi connectivity index (χ3v) is 4.60. The zero-order chi connectivity index (χ0) is 14.8. The van der Waals surface area contributed by atoms with Gasteiger partial charge in [0.1, 0.15) is 11.5 Å². The van der Waals surface area contributed by atoms with E-state index in [1.54, 1.807) is 0 Å². The summed E-state index contributed by atoms with van der Waals surface area (Å²) in [5.74, 6) is -0.0395. The highest BCUT2D eigenvalue weighted by molar-refractivity contribution is 5.63. The average Bonchev–Trinajstić information content (AvgIpc) is 3.01. The molecule has 6 heteroatoms. The number of halogens is 1. The monoisotopic (exact) mass is 293 g/mol. The van der Waals surface area contributed by atoms with Gasteiger partial charge in [0, 0.05) is 19.1 Å². The van der Waals surface area contributed by atoms with Crippen LogP contribution in [0.4, 0.5) is 15.8 Å². The molecule has 2 heterocycles. The Bertz CT molecular complexity index is 532. The highest BCUT2D eigenvalue weighted by Crippen LogP contribution is 2.33. The first-order valence-electron chi connectivity index (χ1n) is 7.57. The van der Waals surface area contributed by atoms with Crippen molar-refractivity contribution in [3.8, 4) is 0 Å². The Morgan fingerprint density at radius 1 is 1.33 bits per heavy atom. The molecule has 2 aliphatic heterocycles. The van der Waals surface area contributed by atoms with Gasteiger partial charge in [-0.3, -0.25) is 10.1 Å². The lowest BCUT2D eigenvalue weighted by Gasteiger charge is -2.36. The molecule has 1 aromatic carbocycles. The number of nitro benzene ring substituents is 1. The van der Waals surface area contributed by atoms with Crippen molar-refractivity contribution < 1.29 is 9.31 Å². The van der Waals surface area contributed by atoms with Crippen LogP contribution in [-0.4, -0.2) is 30.6 Å². The van der Waals surface area contributed by atoms with Gasteiger partial charge in [0.25, 0.3) is 5.69 Å². The molecule has 2 unspecified atom stereocenters. The second-order valence-corrected chi connectivity index (χ2v) is 5.94. The number of nitrogens with one attached hydrogen (secondary N) is 1. The molecule has 2 aliphatic rings. The number of anilines is 1. The number of piperidine rings is 1. The van der Waals surface area contributed by atoms with Crippen molar-refractivity contribution >= 4 is 11.4 Å². The van der Waals surface area contributed by atoms with Gasteiger partial charge in [-0.05, 0) is 50.3 Å². The number of hydrogen-bond donors (Lipinski definition) is 1. The zero-order valence-corrected chi connectivity index (χ0v) is 11.9. The van der Waals surface area contributed by atoms with Crippen LogP contribution < -0.4 is 10.2 Å². The normalized spacial score (nSPS) is 26.0. The fourth-order valence-corrected chi connectivity index (χ4v) is 3.58. The summed E-state index contributed by atoms with van der Waals surface area (Å²) in [4.78, 5) is 12.7. The molecule has 0 saturated carbocycles. The van der Waals surface area contributed by atoms with E-state index in [0.29, 0.717) is 17.6 Å². The smallest absolute Gasteiger partial charge is 0.295 e. The Hall–Kier alpha value is -1.69. The highest BCUT2D eigenvalue weighted by atomic mass is 19.1. The third kappa shape index (κ3) is 3.00. The van der Waals surface area contributed by atoms with Crippen molar-refractivity contribution in [1.29, 1.82) is 0 Å². The molecular weight excluding hydrogens is 273 g/mol. The van der Waals surface area contributed by atoms with Gasteiger partial charge in [0.05, 0.1) is 11.0 Å². The molecule has 0 aliphatic carbocycles. The topological polar surface area (TPSA) is 58.4 Å². The van der Waals surface area contributed by atoms with E-state index in [1.165, 1.54) is 25.0 Å². The van der Waals surface area contributed by atoms with Crippen molar-refractivity contribution in [3.63, 3.8) is 0 Å². The SMILES string of the molecule is O=[N+]([O-])c1cc(F)ccc1N1CCCC(C2CCCN2)C1. The molecule has 2 atom stereocenters. The van der Waals surface area contributed by atoms with Crippen molar-refractivity contribution in [2.75, 3.05) is 24.5 Å². The molecule has 0 aromatic heterocycles. The Labute approximate surface area is 123 Å². The molecule has 1 N–H and O–H groups in total. The van der Waals surface area contributed by atoms with Crippen LogP contribution in [0.2, 0.25) is 0 Å². The summed E-state index contributed by atoms with van der Waals surface area (Å²) in [6.07, 6.45) is 4.57. The van der Waals surface area contributed by atoms with Gasteiger partial charge in [0.15, 0.2) is 0 Å². The van der Waals surface area contributed by atoms with Crippen molar-refractivity contribution in [1.82, 2.24) is 5.32 Å². The summed E-state index contributed by atoms with van der Waals surface area (Å²) < 4.78 is 13.3. The number of rotatable bonds is 3. The van der Waals surface area contributed by atoms with E-state index < -0.39 is 10.7 Å². The van der Waals surface area contributed by atoms with Gasteiger partial charge < -0.3 is 10.2 Å². The quantitative estimate of drug-likeness (QED) is 0.687. The maximum atomic E-state index is 13.3. The van der Waals surface area contributed by atoms with Gasteiger partial charge in [0.2, 0.25) is 0 Å². The molecule has 0 radical (unpaired) electrons. The predicted molar refractivity (Wildman–Crippen MR) is 79.0 cm³/mol. The molecule has 2 saturated heterocycles.